The van der Waals surface area contributed by atoms with Crippen LogP contribution in [-0.4, -0.2) is 49.1 Å². The number of carbonyl (C=O) groups is 2. The Morgan fingerprint density at radius 3 is 2.31 bits per heavy atom. The van der Waals surface area contributed by atoms with Crippen LogP contribution in [0.15, 0.2) is 36.9 Å². The van der Waals surface area contributed by atoms with Gasteiger partial charge in [-0.1, -0.05) is 33.8 Å². The Bertz CT molecular complexity index is 848. The highest BCUT2D eigenvalue weighted by molar-refractivity contribution is 6.01. The SMILES string of the molecule is COCC(CC=O)c1ccc(N(CC(C)C)CC(C)C)c(NC(=O)Nc2cncnc2)c1. The number of rotatable bonds is 12. The number of nitrogens with one attached hydrogen (secondary N) is 2. The van der Waals surface area contributed by atoms with Gasteiger partial charge in [0.2, 0.25) is 0 Å². The average molecular weight is 442 g/mol. The monoisotopic (exact) mass is 441 g/mol. The molecule has 0 saturated heterocycles. The maximum absolute atomic E-state index is 12.8. The minimum absolute atomic E-state index is 0.0821. The summed E-state index contributed by atoms with van der Waals surface area (Å²) in [5.41, 5.74) is 3.07. The number of hydrogen-bond donors (Lipinski definition) is 2. The molecule has 1 aromatic carbocycles. The van der Waals surface area contributed by atoms with Gasteiger partial charge in [-0.05, 0) is 29.5 Å². The number of amides is 2. The second-order valence-corrected chi connectivity index (χ2v) is 8.73. The lowest BCUT2D eigenvalue weighted by Gasteiger charge is -2.31. The van der Waals surface area contributed by atoms with Gasteiger partial charge < -0.3 is 25.1 Å². The van der Waals surface area contributed by atoms with Crippen LogP contribution in [0.25, 0.3) is 0 Å². The molecule has 1 atom stereocenters. The summed E-state index contributed by atoms with van der Waals surface area (Å²) in [5, 5.41) is 5.75. The number of anilines is 3. The van der Waals surface area contributed by atoms with Gasteiger partial charge in [0.1, 0.15) is 12.6 Å². The fraction of sp³-hybridized carbons (Fsp3) is 0.500. The average Bonchev–Trinajstić information content (AvgIpc) is 2.73. The van der Waals surface area contributed by atoms with E-state index in [4.69, 9.17) is 4.74 Å². The van der Waals surface area contributed by atoms with Crippen LogP contribution in [0.1, 0.15) is 45.6 Å². The van der Waals surface area contributed by atoms with Crippen molar-refractivity contribution in [2.75, 3.05) is 42.3 Å². The van der Waals surface area contributed by atoms with Crippen molar-refractivity contribution in [3.63, 3.8) is 0 Å². The van der Waals surface area contributed by atoms with Gasteiger partial charge in [-0.15, -0.1) is 0 Å². The largest absolute Gasteiger partial charge is 0.384 e. The molecular formula is C24H35N5O3. The zero-order valence-electron chi connectivity index (χ0n) is 19.7. The molecule has 2 N–H and O–H groups in total. The highest BCUT2D eigenvalue weighted by atomic mass is 16.5. The van der Waals surface area contributed by atoms with Gasteiger partial charge in [-0.2, -0.15) is 0 Å². The Morgan fingerprint density at radius 2 is 1.75 bits per heavy atom. The van der Waals surface area contributed by atoms with Crippen molar-refractivity contribution in [3.8, 4) is 0 Å². The van der Waals surface area contributed by atoms with E-state index in [1.54, 1.807) is 7.11 Å². The van der Waals surface area contributed by atoms with Crippen LogP contribution in [0.5, 0.6) is 0 Å². The van der Waals surface area contributed by atoms with Crippen molar-refractivity contribution in [3.05, 3.63) is 42.5 Å². The molecule has 1 unspecified atom stereocenters. The molecule has 8 nitrogen and oxygen atoms in total. The van der Waals surface area contributed by atoms with E-state index in [9.17, 15) is 9.59 Å². The summed E-state index contributed by atoms with van der Waals surface area (Å²) in [7, 11) is 1.62. The molecule has 1 aromatic heterocycles. The molecule has 0 bridgehead atoms. The first kappa shape index (κ1) is 25.3. The third-order valence-electron chi connectivity index (χ3n) is 4.82. The van der Waals surface area contributed by atoms with Crippen molar-refractivity contribution in [2.45, 2.75) is 40.0 Å². The van der Waals surface area contributed by atoms with Crippen molar-refractivity contribution in [1.82, 2.24) is 9.97 Å². The zero-order chi connectivity index (χ0) is 23.5. The van der Waals surface area contributed by atoms with Crippen molar-refractivity contribution in [2.24, 2.45) is 11.8 Å². The van der Waals surface area contributed by atoms with Crippen molar-refractivity contribution < 1.29 is 14.3 Å². The second kappa shape index (κ2) is 12.8. The van der Waals surface area contributed by atoms with Crippen LogP contribution in [-0.2, 0) is 9.53 Å². The quantitative estimate of drug-likeness (QED) is 0.469. The highest BCUT2D eigenvalue weighted by Crippen LogP contribution is 2.32. The summed E-state index contributed by atoms with van der Waals surface area (Å²) < 4.78 is 5.31. The number of carbonyl (C=O) groups excluding carboxylic acids is 2. The number of methoxy groups -OCH3 is 1. The maximum Gasteiger partial charge on any atom is 0.323 e. The first-order valence-corrected chi connectivity index (χ1v) is 11.0. The molecule has 0 aliphatic carbocycles. The zero-order valence-corrected chi connectivity index (χ0v) is 19.7. The van der Waals surface area contributed by atoms with Gasteiger partial charge in [-0.3, -0.25) is 0 Å². The predicted octanol–water partition coefficient (Wildman–Crippen LogP) is 4.56. The van der Waals surface area contributed by atoms with Crippen LogP contribution in [0, 0.1) is 11.8 Å². The molecule has 2 rings (SSSR count). The van der Waals surface area contributed by atoms with E-state index in [0.29, 0.717) is 36.2 Å². The molecule has 0 saturated carbocycles. The molecule has 0 spiro atoms. The molecule has 32 heavy (non-hydrogen) atoms. The molecule has 174 valence electrons. The Morgan fingerprint density at radius 1 is 1.09 bits per heavy atom. The number of aldehydes is 1. The summed E-state index contributed by atoms with van der Waals surface area (Å²) in [5.74, 6) is 0.821. The fourth-order valence-corrected chi connectivity index (χ4v) is 3.60. The van der Waals surface area contributed by atoms with Gasteiger partial charge in [-0.25, -0.2) is 14.8 Å². The first-order chi connectivity index (χ1) is 15.3. The van der Waals surface area contributed by atoms with Gasteiger partial charge >= 0.3 is 6.03 Å². The summed E-state index contributed by atoms with van der Waals surface area (Å²) >= 11 is 0. The molecule has 0 radical (unpaired) electrons. The highest BCUT2D eigenvalue weighted by Gasteiger charge is 2.19. The van der Waals surface area contributed by atoms with Crippen LogP contribution in [0.4, 0.5) is 21.9 Å². The van der Waals surface area contributed by atoms with E-state index in [1.807, 2.05) is 18.2 Å². The van der Waals surface area contributed by atoms with Crippen LogP contribution >= 0.6 is 0 Å². The summed E-state index contributed by atoms with van der Waals surface area (Å²) in [4.78, 5) is 34.1. The Balaban J connectivity index is 2.41. The maximum atomic E-state index is 12.8. The third-order valence-corrected chi connectivity index (χ3v) is 4.82. The number of urea groups is 1. The first-order valence-electron chi connectivity index (χ1n) is 11.0. The van der Waals surface area contributed by atoms with E-state index < -0.39 is 0 Å². The minimum atomic E-state index is -0.383. The van der Waals surface area contributed by atoms with E-state index >= 15 is 0 Å². The topological polar surface area (TPSA) is 96.5 Å². The summed E-state index contributed by atoms with van der Waals surface area (Å²) in [6.07, 6.45) is 5.72. The fourth-order valence-electron chi connectivity index (χ4n) is 3.60. The number of aromatic nitrogens is 2. The molecule has 2 amide bonds. The lowest BCUT2D eigenvalue weighted by molar-refractivity contribution is -0.108. The van der Waals surface area contributed by atoms with E-state index in [0.717, 1.165) is 30.6 Å². The Kier molecular flexibility index (Phi) is 10.1. The number of hydrogen-bond acceptors (Lipinski definition) is 6. The molecule has 0 aliphatic rings. The molecule has 2 aromatic rings. The smallest absolute Gasteiger partial charge is 0.323 e. The van der Waals surface area contributed by atoms with E-state index in [2.05, 4.69) is 53.2 Å². The molecule has 0 fully saturated rings. The number of nitrogens with zero attached hydrogens (tertiary/aromatic N) is 3. The Hall–Kier alpha value is -3.00. The van der Waals surface area contributed by atoms with Gasteiger partial charge in [0.25, 0.3) is 0 Å². The van der Waals surface area contributed by atoms with E-state index in [-0.39, 0.29) is 11.9 Å². The predicted molar refractivity (Wildman–Crippen MR) is 128 cm³/mol. The van der Waals surface area contributed by atoms with Gasteiger partial charge in [0.05, 0.1) is 36.1 Å². The lowest BCUT2D eigenvalue weighted by Crippen LogP contribution is -2.32. The Labute approximate surface area is 190 Å². The molecule has 1 heterocycles. The van der Waals surface area contributed by atoms with Crippen molar-refractivity contribution >= 4 is 29.4 Å². The van der Waals surface area contributed by atoms with Gasteiger partial charge in [0.15, 0.2) is 0 Å². The van der Waals surface area contributed by atoms with Gasteiger partial charge in [0, 0.05) is 32.5 Å². The minimum Gasteiger partial charge on any atom is -0.384 e. The van der Waals surface area contributed by atoms with Crippen molar-refractivity contribution in [1.29, 1.82) is 0 Å². The number of ether oxygens (including phenoxy) is 1. The lowest BCUT2D eigenvalue weighted by atomic mass is 9.95. The summed E-state index contributed by atoms with van der Waals surface area (Å²) in [6.45, 7) is 10.8. The van der Waals surface area contributed by atoms with Crippen LogP contribution < -0.4 is 15.5 Å². The van der Waals surface area contributed by atoms with Crippen LogP contribution in [0.2, 0.25) is 0 Å². The molecular weight excluding hydrogens is 406 g/mol. The standard InChI is InChI=1S/C24H35N5O3/c1-17(2)13-29(14-18(3)4)23-7-6-19(20(8-9-30)15-32-5)10-22(23)28-24(31)27-21-11-25-16-26-12-21/h6-7,9-12,16-18,20H,8,13-15H2,1-5H3,(H2,27,28,31). The second-order valence-electron chi connectivity index (χ2n) is 8.73. The molecule has 0 aliphatic heterocycles. The summed E-state index contributed by atoms with van der Waals surface area (Å²) in [6, 6.07) is 5.60. The third kappa shape index (κ3) is 7.92. The normalized spacial score (nSPS) is 12.0. The van der Waals surface area contributed by atoms with Crippen LogP contribution in [0.3, 0.4) is 0 Å². The molecule has 8 heteroatoms. The number of benzene rings is 1. The van der Waals surface area contributed by atoms with E-state index in [1.165, 1.54) is 18.7 Å².